The van der Waals surface area contributed by atoms with Crippen molar-refractivity contribution in [2.75, 3.05) is 22.8 Å². The average Bonchev–Trinajstić information content (AvgIpc) is 2.87. The summed E-state index contributed by atoms with van der Waals surface area (Å²) in [6.07, 6.45) is 5.68. The molecule has 1 aliphatic carbocycles. The van der Waals surface area contributed by atoms with Crippen LogP contribution in [0.3, 0.4) is 0 Å². The maximum atomic E-state index is 13.8. The van der Waals surface area contributed by atoms with Gasteiger partial charge in [-0.1, -0.05) is 31.4 Å². The number of anilines is 2. The van der Waals surface area contributed by atoms with E-state index in [0.717, 1.165) is 44.4 Å². The summed E-state index contributed by atoms with van der Waals surface area (Å²) in [6, 6.07) is 9.62. The minimum Gasteiger partial charge on any atom is -0.341 e. The lowest BCUT2D eigenvalue weighted by molar-refractivity contribution is -0.148. The summed E-state index contributed by atoms with van der Waals surface area (Å²) < 4.78 is 69.1. The van der Waals surface area contributed by atoms with E-state index in [-0.39, 0.29) is 46.9 Å². The maximum Gasteiger partial charge on any atom is 0.286 e. The number of halogens is 1. The minimum atomic E-state index is -4.36. The van der Waals surface area contributed by atoms with Crippen molar-refractivity contribution in [1.29, 1.82) is 0 Å². The molecule has 0 radical (unpaired) electrons. The number of hydrogen-bond acceptors (Lipinski definition) is 7. The Morgan fingerprint density at radius 3 is 2.44 bits per heavy atom. The smallest absolute Gasteiger partial charge is 0.286 e. The van der Waals surface area contributed by atoms with Crippen LogP contribution in [0.15, 0.2) is 51.8 Å². The van der Waals surface area contributed by atoms with E-state index in [1.807, 2.05) is 0 Å². The summed E-state index contributed by atoms with van der Waals surface area (Å²) in [7, 11) is -8.01. The first-order chi connectivity index (χ1) is 18.4. The number of fused-ring (bicyclic) bond motifs is 1. The van der Waals surface area contributed by atoms with Crippen LogP contribution in [0, 0.1) is 23.6 Å². The third kappa shape index (κ3) is 5.83. The van der Waals surface area contributed by atoms with Crippen LogP contribution in [0.25, 0.3) is 0 Å². The highest BCUT2D eigenvalue weighted by Crippen LogP contribution is 2.38. The zero-order chi connectivity index (χ0) is 27.9. The molecule has 5 rings (SSSR count). The second-order valence-electron chi connectivity index (χ2n) is 10.3. The third-order valence-corrected chi connectivity index (χ3v) is 9.39. The quantitative estimate of drug-likeness (QED) is 0.503. The van der Waals surface area contributed by atoms with Gasteiger partial charge in [0.25, 0.3) is 10.0 Å². The molecule has 10 nitrogen and oxygen atoms in total. The van der Waals surface area contributed by atoms with E-state index < -0.39 is 43.6 Å². The number of hydrogen-bond donors (Lipinski definition) is 2. The summed E-state index contributed by atoms with van der Waals surface area (Å²) >= 11 is 0. The van der Waals surface area contributed by atoms with Gasteiger partial charge in [0.1, 0.15) is 16.5 Å². The van der Waals surface area contributed by atoms with E-state index >= 15 is 0 Å². The minimum absolute atomic E-state index is 0.0351. The molecule has 0 aromatic heterocycles. The molecule has 2 aliphatic heterocycles. The number of nitrogens with zero attached hydrogens (tertiary/aromatic N) is 2. The number of nitrogens with one attached hydrogen (secondary N) is 2. The summed E-state index contributed by atoms with van der Waals surface area (Å²) in [5, 5.41) is 2.86. The van der Waals surface area contributed by atoms with Gasteiger partial charge in [-0.05, 0) is 54.7 Å². The van der Waals surface area contributed by atoms with Crippen molar-refractivity contribution in [1.82, 2.24) is 4.90 Å². The lowest BCUT2D eigenvalue weighted by atomic mass is 9.72. The molecule has 208 valence electrons. The molecular weight excluding hydrogens is 547 g/mol. The number of carbonyl (C=O) groups excluding carboxylic acids is 2. The number of likely N-dealkylation sites (tertiary alicyclic amines) is 1. The van der Waals surface area contributed by atoms with Crippen molar-refractivity contribution in [2.45, 2.75) is 43.5 Å². The summed E-state index contributed by atoms with van der Waals surface area (Å²) in [6.45, 7) is 0.344. The van der Waals surface area contributed by atoms with Crippen LogP contribution in [-0.2, 0) is 36.2 Å². The molecule has 2 unspecified atom stereocenters. The van der Waals surface area contributed by atoms with E-state index in [4.69, 9.17) is 0 Å². The van der Waals surface area contributed by atoms with E-state index in [1.54, 1.807) is 12.1 Å². The highest BCUT2D eigenvalue weighted by molar-refractivity contribution is 7.92. The fraction of sp³-hybridized carbons (Fsp3) is 0.423. The normalized spacial score (nSPS) is 23.5. The van der Waals surface area contributed by atoms with Gasteiger partial charge in [0.05, 0.1) is 11.9 Å². The number of ketones is 1. The molecule has 2 heterocycles. The van der Waals surface area contributed by atoms with Gasteiger partial charge in [-0.25, -0.2) is 12.8 Å². The van der Waals surface area contributed by atoms with E-state index in [1.165, 1.54) is 29.2 Å². The predicted octanol–water partition coefficient (Wildman–Crippen LogP) is 3.13. The molecule has 1 saturated heterocycles. The number of rotatable bonds is 6. The van der Waals surface area contributed by atoms with Crippen LogP contribution in [0.4, 0.5) is 15.8 Å². The molecule has 1 saturated carbocycles. The number of amidine groups is 1. The first-order valence-corrected chi connectivity index (χ1v) is 16.0. The standard InChI is InChI=1S/C26H29FN4O6S2/c1-38(34,35)29-19-11-12-21-22(13-19)39(36,37)30-25(28-21)23-24(32)20(17-5-3-2-4-6-17)15-31(26(23)33)14-16-7-9-18(27)10-8-16/h7-13,17,20,23,29H,2-6,14-15H2,1H3,(H,28,30). The predicted molar refractivity (Wildman–Crippen MR) is 144 cm³/mol. The molecular formula is C26H29FN4O6S2. The molecule has 0 bridgehead atoms. The largest absolute Gasteiger partial charge is 0.341 e. The van der Waals surface area contributed by atoms with Crippen molar-refractivity contribution in [3.05, 3.63) is 53.8 Å². The van der Waals surface area contributed by atoms with Crippen LogP contribution < -0.4 is 10.0 Å². The summed E-state index contributed by atoms with van der Waals surface area (Å²) in [5.41, 5.74) is 0.806. The Kier molecular flexibility index (Phi) is 7.23. The zero-order valence-electron chi connectivity index (χ0n) is 21.3. The molecule has 1 amide bonds. The average molecular weight is 577 g/mol. The van der Waals surface area contributed by atoms with Gasteiger partial charge >= 0.3 is 0 Å². The Labute approximate surface area is 226 Å². The van der Waals surface area contributed by atoms with Gasteiger partial charge in [0.2, 0.25) is 15.9 Å². The molecule has 3 aliphatic rings. The fourth-order valence-corrected chi connectivity index (χ4v) is 7.38. The highest BCUT2D eigenvalue weighted by Gasteiger charge is 2.48. The lowest BCUT2D eigenvalue weighted by Crippen LogP contribution is -2.56. The Bertz CT molecular complexity index is 1550. The van der Waals surface area contributed by atoms with Crippen molar-refractivity contribution in [2.24, 2.45) is 22.2 Å². The van der Waals surface area contributed by atoms with E-state index in [2.05, 4.69) is 14.4 Å². The van der Waals surface area contributed by atoms with E-state index in [0.29, 0.717) is 5.56 Å². The van der Waals surface area contributed by atoms with Crippen LogP contribution in [-0.4, -0.2) is 52.1 Å². The monoisotopic (exact) mass is 576 g/mol. The molecule has 2 aromatic carbocycles. The van der Waals surface area contributed by atoms with Crippen LogP contribution in [0.2, 0.25) is 0 Å². The SMILES string of the molecule is CS(=O)(=O)Nc1ccc2c(c1)S(=O)(=O)N=C(C1C(=O)C(C3CCCCC3)CN(Cc3ccc(F)cc3)C1=O)N2. The third-order valence-electron chi connectivity index (χ3n) is 7.45. The number of sulfonamides is 2. The summed E-state index contributed by atoms with van der Waals surface area (Å²) in [5.74, 6) is -3.47. The Balaban J connectivity index is 1.50. The fourth-order valence-electron chi connectivity index (χ4n) is 5.64. The molecule has 2 atom stereocenters. The van der Waals surface area contributed by atoms with Crippen molar-refractivity contribution < 1.29 is 30.8 Å². The lowest BCUT2D eigenvalue weighted by Gasteiger charge is -2.41. The van der Waals surface area contributed by atoms with Crippen molar-refractivity contribution >= 4 is 48.9 Å². The Morgan fingerprint density at radius 1 is 1.08 bits per heavy atom. The van der Waals surface area contributed by atoms with Crippen molar-refractivity contribution in [3.63, 3.8) is 0 Å². The number of carbonyl (C=O) groups is 2. The van der Waals surface area contributed by atoms with Crippen LogP contribution in [0.5, 0.6) is 0 Å². The van der Waals surface area contributed by atoms with Crippen molar-refractivity contribution in [3.8, 4) is 0 Å². The molecule has 39 heavy (non-hydrogen) atoms. The molecule has 2 aromatic rings. The number of benzene rings is 2. The van der Waals surface area contributed by atoms with Gasteiger partial charge in [-0.15, -0.1) is 4.40 Å². The van der Waals surface area contributed by atoms with E-state index in [9.17, 15) is 30.8 Å². The number of Topliss-reactive ketones (excluding diaryl/α,β-unsaturated/α-hetero) is 1. The Hall–Kier alpha value is -3.32. The second kappa shape index (κ2) is 10.3. The second-order valence-corrected chi connectivity index (χ2v) is 13.7. The van der Waals surface area contributed by atoms with Gasteiger partial charge in [-0.2, -0.15) is 8.42 Å². The van der Waals surface area contributed by atoms with Gasteiger partial charge in [-0.3, -0.25) is 14.3 Å². The topological polar surface area (TPSA) is 142 Å². The Morgan fingerprint density at radius 2 is 1.77 bits per heavy atom. The molecule has 0 spiro atoms. The van der Waals surface area contributed by atoms with Gasteiger partial charge < -0.3 is 10.2 Å². The highest BCUT2D eigenvalue weighted by atomic mass is 32.2. The zero-order valence-corrected chi connectivity index (χ0v) is 22.9. The maximum absolute atomic E-state index is 13.8. The van der Waals surface area contributed by atoms with Gasteiger partial charge in [0.15, 0.2) is 11.7 Å². The summed E-state index contributed by atoms with van der Waals surface area (Å²) in [4.78, 5) is 28.8. The number of amides is 1. The molecule has 13 heteroatoms. The first kappa shape index (κ1) is 27.3. The van der Waals surface area contributed by atoms with Gasteiger partial charge in [0, 0.05) is 24.7 Å². The number of piperidine rings is 1. The first-order valence-electron chi connectivity index (χ1n) is 12.7. The molecule has 2 N–H and O–H groups in total. The molecule has 2 fully saturated rings. The van der Waals surface area contributed by atoms with Crippen LogP contribution >= 0.6 is 0 Å². The van der Waals surface area contributed by atoms with Crippen LogP contribution in [0.1, 0.15) is 37.7 Å².